The Labute approximate surface area is 155 Å². The van der Waals surface area contributed by atoms with Crippen molar-refractivity contribution in [2.45, 2.75) is 32.2 Å². The molecule has 1 aromatic carbocycles. The Hall–Kier alpha value is -2.27. The topological polar surface area (TPSA) is 58.8 Å². The molecule has 2 N–H and O–H groups in total. The average Bonchev–Trinajstić information content (AvgIpc) is 3.26. The van der Waals surface area contributed by atoms with Crippen LogP contribution in [0.15, 0.2) is 58.1 Å². The summed E-state index contributed by atoms with van der Waals surface area (Å²) in [6, 6.07) is 14.2. The molecule has 0 spiro atoms. The molecule has 1 aliphatic rings. The Morgan fingerprint density at radius 2 is 2.00 bits per heavy atom. The van der Waals surface area contributed by atoms with Gasteiger partial charge < -0.3 is 19.8 Å². The molecule has 0 unspecified atom stereocenters. The maximum Gasteiger partial charge on any atom is 0.191 e. The third-order valence-electron chi connectivity index (χ3n) is 4.93. The van der Waals surface area contributed by atoms with Crippen molar-refractivity contribution in [3.8, 4) is 0 Å². The molecule has 140 valence electrons. The van der Waals surface area contributed by atoms with E-state index in [0.29, 0.717) is 12.0 Å². The van der Waals surface area contributed by atoms with Gasteiger partial charge in [-0.2, -0.15) is 0 Å². The molecule has 26 heavy (non-hydrogen) atoms. The lowest BCUT2D eigenvalue weighted by atomic mass is 10.0. The van der Waals surface area contributed by atoms with Crippen LogP contribution in [0.3, 0.4) is 0 Å². The molecular formula is C21H29N3O2. The fourth-order valence-corrected chi connectivity index (χ4v) is 2.97. The first kappa shape index (κ1) is 18.5. The van der Waals surface area contributed by atoms with Crippen LogP contribution in [0, 0.1) is 5.41 Å². The second kappa shape index (κ2) is 9.43. The zero-order valence-electron chi connectivity index (χ0n) is 15.5. The van der Waals surface area contributed by atoms with Gasteiger partial charge in [0.05, 0.1) is 12.8 Å². The highest BCUT2D eigenvalue weighted by molar-refractivity contribution is 5.79. The summed E-state index contributed by atoms with van der Waals surface area (Å²) in [4.78, 5) is 4.76. The molecule has 0 aliphatic heterocycles. The van der Waals surface area contributed by atoms with E-state index in [9.17, 15) is 0 Å². The van der Waals surface area contributed by atoms with E-state index < -0.39 is 0 Å². The first-order valence-electron chi connectivity index (χ1n) is 9.37. The normalized spacial score (nSPS) is 15.7. The summed E-state index contributed by atoms with van der Waals surface area (Å²) in [6.45, 7) is 3.23. The third kappa shape index (κ3) is 5.92. The molecule has 5 nitrogen and oxygen atoms in total. The summed E-state index contributed by atoms with van der Waals surface area (Å²) >= 11 is 0. The van der Waals surface area contributed by atoms with Gasteiger partial charge in [-0.25, -0.2) is 4.99 Å². The van der Waals surface area contributed by atoms with E-state index in [1.165, 1.54) is 18.4 Å². The lowest BCUT2D eigenvalue weighted by Gasteiger charge is -2.18. The Morgan fingerprint density at radius 3 is 2.69 bits per heavy atom. The largest absolute Gasteiger partial charge is 0.469 e. The molecule has 0 bridgehead atoms. The van der Waals surface area contributed by atoms with Gasteiger partial charge in [-0.1, -0.05) is 30.3 Å². The number of furan rings is 1. The van der Waals surface area contributed by atoms with Crippen molar-refractivity contribution in [2.75, 3.05) is 26.8 Å². The lowest BCUT2D eigenvalue weighted by molar-refractivity contribution is 0.172. The van der Waals surface area contributed by atoms with E-state index in [2.05, 4.69) is 22.8 Å². The predicted octanol–water partition coefficient (Wildman–Crippen LogP) is 3.37. The summed E-state index contributed by atoms with van der Waals surface area (Å²) in [7, 11) is 1.77. The minimum absolute atomic E-state index is 0.381. The first-order valence-corrected chi connectivity index (χ1v) is 9.37. The zero-order valence-corrected chi connectivity index (χ0v) is 15.5. The van der Waals surface area contributed by atoms with Gasteiger partial charge in [0.25, 0.3) is 0 Å². The van der Waals surface area contributed by atoms with Crippen LogP contribution in [0.5, 0.6) is 0 Å². The number of guanidine groups is 1. The molecule has 3 rings (SSSR count). The van der Waals surface area contributed by atoms with Crippen LogP contribution in [-0.4, -0.2) is 32.8 Å². The maximum absolute atomic E-state index is 5.40. The Kier molecular flexibility index (Phi) is 6.72. The van der Waals surface area contributed by atoms with Crippen molar-refractivity contribution in [3.63, 3.8) is 0 Å². The highest BCUT2D eigenvalue weighted by Crippen LogP contribution is 2.48. The monoisotopic (exact) mass is 355 g/mol. The molecule has 0 radical (unpaired) electrons. The van der Waals surface area contributed by atoms with Crippen LogP contribution >= 0.6 is 0 Å². The number of rotatable bonds is 10. The van der Waals surface area contributed by atoms with Gasteiger partial charge in [-0.15, -0.1) is 0 Å². The number of methoxy groups -OCH3 is 1. The lowest BCUT2D eigenvalue weighted by Crippen LogP contribution is -2.41. The smallest absolute Gasteiger partial charge is 0.191 e. The molecule has 1 aliphatic carbocycles. The van der Waals surface area contributed by atoms with Gasteiger partial charge in [0.2, 0.25) is 0 Å². The number of hydrogen-bond acceptors (Lipinski definition) is 3. The minimum atomic E-state index is 0.381. The number of nitrogens with one attached hydrogen (secondary N) is 2. The second-order valence-electron chi connectivity index (χ2n) is 7.00. The zero-order chi connectivity index (χ0) is 18.1. The fourth-order valence-electron chi connectivity index (χ4n) is 2.97. The summed E-state index contributed by atoms with van der Waals surface area (Å²) in [5.41, 5.74) is 1.59. The molecule has 1 aromatic heterocycles. The number of hydrogen-bond donors (Lipinski definition) is 2. The van der Waals surface area contributed by atoms with Gasteiger partial charge in [-0.05, 0) is 42.4 Å². The van der Waals surface area contributed by atoms with Gasteiger partial charge >= 0.3 is 0 Å². The number of benzene rings is 1. The average molecular weight is 355 g/mol. The second-order valence-corrected chi connectivity index (χ2v) is 7.00. The third-order valence-corrected chi connectivity index (χ3v) is 4.93. The highest BCUT2D eigenvalue weighted by atomic mass is 16.5. The molecule has 2 aromatic rings. The molecule has 1 heterocycles. The maximum atomic E-state index is 5.40. The van der Waals surface area contributed by atoms with Crippen LogP contribution < -0.4 is 10.6 Å². The highest BCUT2D eigenvalue weighted by Gasteiger charge is 2.41. The van der Waals surface area contributed by atoms with Crippen molar-refractivity contribution in [2.24, 2.45) is 10.4 Å². The van der Waals surface area contributed by atoms with Crippen molar-refractivity contribution >= 4 is 5.96 Å². The van der Waals surface area contributed by atoms with Crippen molar-refractivity contribution in [1.29, 1.82) is 0 Å². The van der Waals surface area contributed by atoms with E-state index in [-0.39, 0.29) is 0 Å². The van der Waals surface area contributed by atoms with E-state index in [4.69, 9.17) is 14.1 Å². The SMILES string of the molecule is COCCC1(CNC(=NCc2ccccc2)NCCc2ccco2)CC1. The molecule has 5 heteroatoms. The van der Waals surface area contributed by atoms with Gasteiger partial charge in [0.1, 0.15) is 5.76 Å². The van der Waals surface area contributed by atoms with Crippen LogP contribution in [0.1, 0.15) is 30.6 Å². The molecular weight excluding hydrogens is 326 g/mol. The Bertz CT molecular complexity index is 664. The van der Waals surface area contributed by atoms with E-state index in [1.54, 1.807) is 13.4 Å². The van der Waals surface area contributed by atoms with Crippen LogP contribution in [0.25, 0.3) is 0 Å². The fraction of sp³-hybridized carbons (Fsp3) is 0.476. The Morgan fingerprint density at radius 1 is 1.15 bits per heavy atom. The molecule has 0 saturated heterocycles. The first-order chi connectivity index (χ1) is 12.8. The van der Waals surface area contributed by atoms with Crippen LogP contribution in [0.2, 0.25) is 0 Å². The quantitative estimate of drug-likeness (QED) is 0.507. The van der Waals surface area contributed by atoms with Crippen molar-refractivity contribution < 1.29 is 9.15 Å². The van der Waals surface area contributed by atoms with E-state index in [0.717, 1.165) is 44.3 Å². The predicted molar refractivity (Wildman–Crippen MR) is 104 cm³/mol. The van der Waals surface area contributed by atoms with Gasteiger partial charge in [0, 0.05) is 33.2 Å². The summed E-state index contributed by atoms with van der Waals surface area (Å²) < 4.78 is 10.7. The Balaban J connectivity index is 1.53. The number of aliphatic imine (C=N–C) groups is 1. The summed E-state index contributed by atoms with van der Waals surface area (Å²) in [6.07, 6.45) is 6.19. The van der Waals surface area contributed by atoms with Crippen molar-refractivity contribution in [1.82, 2.24) is 10.6 Å². The van der Waals surface area contributed by atoms with Crippen molar-refractivity contribution in [3.05, 3.63) is 60.1 Å². The van der Waals surface area contributed by atoms with Gasteiger partial charge in [-0.3, -0.25) is 0 Å². The van der Waals surface area contributed by atoms with Crippen LogP contribution in [0.4, 0.5) is 0 Å². The van der Waals surface area contributed by atoms with Crippen LogP contribution in [-0.2, 0) is 17.7 Å². The number of ether oxygens (including phenoxy) is 1. The van der Waals surface area contributed by atoms with E-state index >= 15 is 0 Å². The number of nitrogens with zero attached hydrogens (tertiary/aromatic N) is 1. The molecule has 1 saturated carbocycles. The van der Waals surface area contributed by atoms with Gasteiger partial charge in [0.15, 0.2) is 5.96 Å². The van der Waals surface area contributed by atoms with E-state index in [1.807, 2.05) is 30.3 Å². The molecule has 1 fully saturated rings. The summed E-state index contributed by atoms with van der Waals surface area (Å²) in [5, 5.41) is 6.97. The summed E-state index contributed by atoms with van der Waals surface area (Å²) in [5.74, 6) is 1.85. The molecule has 0 amide bonds. The standard InChI is InChI=1S/C21H29N3O2/c1-25-15-12-21(10-11-21)17-24-20(22-13-9-19-8-5-14-26-19)23-16-18-6-3-2-4-7-18/h2-8,14H,9-13,15-17H2,1H3,(H2,22,23,24). The minimum Gasteiger partial charge on any atom is -0.469 e. The molecule has 0 atom stereocenters.